The smallest absolute Gasteiger partial charge is 0.240 e. The predicted molar refractivity (Wildman–Crippen MR) is 146 cm³/mol. The van der Waals surface area contributed by atoms with E-state index in [9.17, 15) is 14.4 Å². The number of fused-ring (bicyclic) bond motifs is 6. The Kier molecular flexibility index (Phi) is 5.52. The molecule has 9 heteroatoms. The third-order valence-corrected chi connectivity index (χ3v) is 8.57. The largest absolute Gasteiger partial charge is 0.496 e. The van der Waals surface area contributed by atoms with E-state index >= 15 is 0 Å². The first-order valence-electron chi connectivity index (χ1n) is 12.7. The van der Waals surface area contributed by atoms with Crippen molar-refractivity contribution in [2.75, 3.05) is 25.2 Å². The third kappa shape index (κ3) is 3.52. The van der Waals surface area contributed by atoms with Gasteiger partial charge in [0.15, 0.2) is 17.3 Å². The van der Waals surface area contributed by atoms with Gasteiger partial charge < -0.3 is 19.1 Å². The molecule has 0 N–H and O–H groups in total. The normalized spacial score (nSPS) is 24.4. The Morgan fingerprint density at radius 3 is 2.51 bits per heavy atom. The summed E-state index contributed by atoms with van der Waals surface area (Å²) in [6, 6.07) is 16.7. The number of imide groups is 1. The molecule has 0 radical (unpaired) electrons. The average molecular weight is 587 g/mol. The van der Waals surface area contributed by atoms with E-state index in [2.05, 4.69) is 15.9 Å². The number of halogens is 1. The minimum atomic E-state index is -0.861. The predicted octanol–water partition coefficient (Wildman–Crippen LogP) is 4.63. The zero-order valence-corrected chi connectivity index (χ0v) is 22.5. The van der Waals surface area contributed by atoms with Crippen LogP contribution in [0.25, 0.3) is 6.08 Å². The Labute approximate surface area is 232 Å². The zero-order chi connectivity index (χ0) is 26.8. The van der Waals surface area contributed by atoms with Crippen LogP contribution in [0.15, 0.2) is 71.3 Å². The molecule has 3 aromatic rings. The molecule has 4 aliphatic heterocycles. The van der Waals surface area contributed by atoms with E-state index in [1.54, 1.807) is 43.5 Å². The van der Waals surface area contributed by atoms with E-state index in [-0.39, 0.29) is 11.7 Å². The molecule has 0 aromatic heterocycles. The third-order valence-electron chi connectivity index (χ3n) is 7.95. The van der Waals surface area contributed by atoms with Crippen molar-refractivity contribution in [3.8, 4) is 17.2 Å². The molecule has 3 aromatic carbocycles. The molecule has 7 rings (SSSR count). The molecule has 0 aliphatic carbocycles. The first-order valence-corrected chi connectivity index (χ1v) is 13.5. The number of rotatable bonds is 4. The van der Waals surface area contributed by atoms with Crippen molar-refractivity contribution in [1.29, 1.82) is 0 Å². The minimum absolute atomic E-state index is 0.231. The van der Waals surface area contributed by atoms with Crippen molar-refractivity contribution in [3.05, 3.63) is 88.0 Å². The molecular weight excluding hydrogens is 564 g/mol. The van der Waals surface area contributed by atoms with Crippen LogP contribution < -0.4 is 19.1 Å². The van der Waals surface area contributed by atoms with Crippen LogP contribution in [0.1, 0.15) is 27.5 Å². The molecular formula is C30H23BrN2O6. The number of Topliss-reactive ketones (excluding diaryl/α,β-unsaturated/α-hetero) is 1. The lowest BCUT2D eigenvalue weighted by molar-refractivity contribution is -0.123. The van der Waals surface area contributed by atoms with Gasteiger partial charge in [-0.2, -0.15) is 0 Å². The van der Waals surface area contributed by atoms with Gasteiger partial charge in [0.05, 0.1) is 35.1 Å². The summed E-state index contributed by atoms with van der Waals surface area (Å²) in [5.74, 6) is -0.893. The Morgan fingerprint density at radius 2 is 1.72 bits per heavy atom. The maximum Gasteiger partial charge on any atom is 0.240 e. The molecule has 4 heterocycles. The summed E-state index contributed by atoms with van der Waals surface area (Å²) in [6.07, 6.45) is 3.78. The Morgan fingerprint density at radius 1 is 0.949 bits per heavy atom. The van der Waals surface area contributed by atoms with Crippen LogP contribution >= 0.6 is 15.9 Å². The monoisotopic (exact) mass is 586 g/mol. The first kappa shape index (κ1) is 24.0. The van der Waals surface area contributed by atoms with E-state index in [1.807, 2.05) is 41.4 Å². The molecule has 39 heavy (non-hydrogen) atoms. The average Bonchev–Trinajstić information content (AvgIpc) is 3.44. The quantitative estimate of drug-likeness (QED) is 0.325. The van der Waals surface area contributed by atoms with Gasteiger partial charge >= 0.3 is 0 Å². The first-order chi connectivity index (χ1) is 19.0. The summed E-state index contributed by atoms with van der Waals surface area (Å²) in [7, 11) is 1.55. The van der Waals surface area contributed by atoms with Gasteiger partial charge in [-0.1, -0.05) is 24.3 Å². The molecule has 2 saturated heterocycles. The van der Waals surface area contributed by atoms with Crippen LogP contribution in [-0.2, 0) is 9.59 Å². The molecule has 4 aliphatic rings. The summed E-state index contributed by atoms with van der Waals surface area (Å²) in [5.41, 5.74) is 2.73. The fraction of sp³-hybridized carbons (Fsp3) is 0.233. The number of carbonyl (C=O) groups excluding carboxylic acids is 3. The van der Waals surface area contributed by atoms with Crippen molar-refractivity contribution in [2.24, 2.45) is 11.8 Å². The van der Waals surface area contributed by atoms with Crippen molar-refractivity contribution < 1.29 is 28.6 Å². The molecule has 0 saturated carbocycles. The molecule has 0 bridgehead atoms. The van der Waals surface area contributed by atoms with Crippen molar-refractivity contribution in [2.45, 2.75) is 12.1 Å². The van der Waals surface area contributed by atoms with Gasteiger partial charge in [-0.25, -0.2) is 4.90 Å². The maximum atomic E-state index is 14.1. The highest BCUT2D eigenvalue weighted by Gasteiger charge is 2.64. The number of nitrogens with zero attached hydrogens (tertiary/aromatic N) is 2. The van der Waals surface area contributed by atoms with Crippen molar-refractivity contribution in [3.63, 3.8) is 0 Å². The number of methoxy groups -OCH3 is 1. The van der Waals surface area contributed by atoms with E-state index in [0.29, 0.717) is 46.2 Å². The standard InChI is InChI=1S/C30H23BrN2O6/c1-37-21-8-6-17(14-20(21)31)28(34)27-25-24(26-19-5-3-2-4-16(19)10-11-32(26)27)29(35)33(30(25)36)18-7-9-22-23(15-18)39-13-12-38-22/h2-11,14-15,24-27H,12-13H2,1H3/t24-,25+,26+,27-/m1/s1. The number of benzene rings is 3. The van der Waals surface area contributed by atoms with Gasteiger partial charge in [-0.15, -0.1) is 0 Å². The van der Waals surface area contributed by atoms with Crippen LogP contribution in [0.4, 0.5) is 5.69 Å². The Hall–Kier alpha value is -4.11. The minimum Gasteiger partial charge on any atom is -0.496 e. The molecule has 196 valence electrons. The summed E-state index contributed by atoms with van der Waals surface area (Å²) < 4.78 is 17.3. The second-order valence-electron chi connectivity index (χ2n) is 9.89. The summed E-state index contributed by atoms with van der Waals surface area (Å²) in [5, 5.41) is 0. The number of hydrogen-bond donors (Lipinski definition) is 0. The molecule has 2 amide bonds. The zero-order valence-electron chi connectivity index (χ0n) is 20.9. The lowest BCUT2D eigenvalue weighted by Crippen LogP contribution is -2.44. The number of anilines is 1. The second kappa shape index (κ2) is 8.98. The molecule has 8 nitrogen and oxygen atoms in total. The summed E-state index contributed by atoms with van der Waals surface area (Å²) in [6.45, 7) is 0.825. The molecule has 2 fully saturated rings. The highest BCUT2D eigenvalue weighted by atomic mass is 79.9. The lowest BCUT2D eigenvalue weighted by atomic mass is 9.83. The molecule has 0 unspecified atom stereocenters. The van der Waals surface area contributed by atoms with E-state index in [1.165, 1.54) is 4.90 Å². The van der Waals surface area contributed by atoms with Gasteiger partial charge in [-0.3, -0.25) is 14.4 Å². The number of amides is 2. The van der Waals surface area contributed by atoms with Crippen LogP contribution in [0.5, 0.6) is 17.2 Å². The van der Waals surface area contributed by atoms with E-state index < -0.39 is 29.8 Å². The van der Waals surface area contributed by atoms with Crippen LogP contribution in [0, 0.1) is 11.8 Å². The van der Waals surface area contributed by atoms with E-state index in [4.69, 9.17) is 14.2 Å². The highest BCUT2D eigenvalue weighted by molar-refractivity contribution is 9.10. The van der Waals surface area contributed by atoms with E-state index in [0.717, 1.165) is 11.1 Å². The summed E-state index contributed by atoms with van der Waals surface area (Å²) >= 11 is 3.47. The van der Waals surface area contributed by atoms with Gasteiger partial charge in [0.2, 0.25) is 11.8 Å². The maximum absolute atomic E-state index is 14.1. The fourth-order valence-corrected chi connectivity index (χ4v) is 6.81. The van der Waals surface area contributed by atoms with Crippen LogP contribution in [0.3, 0.4) is 0 Å². The number of hydrogen-bond acceptors (Lipinski definition) is 7. The number of carbonyl (C=O) groups is 3. The summed E-state index contributed by atoms with van der Waals surface area (Å²) in [4.78, 5) is 45.5. The highest BCUT2D eigenvalue weighted by Crippen LogP contribution is 2.54. The number of ether oxygens (including phenoxy) is 3. The molecule has 4 atom stereocenters. The van der Waals surface area contributed by atoms with Gasteiger partial charge in [0, 0.05) is 17.8 Å². The fourth-order valence-electron chi connectivity index (χ4n) is 6.27. The lowest BCUT2D eigenvalue weighted by Gasteiger charge is -2.35. The van der Waals surface area contributed by atoms with Crippen molar-refractivity contribution in [1.82, 2.24) is 4.90 Å². The van der Waals surface area contributed by atoms with Gasteiger partial charge in [-0.05, 0) is 63.5 Å². The van der Waals surface area contributed by atoms with Crippen LogP contribution in [0.2, 0.25) is 0 Å². The van der Waals surface area contributed by atoms with Gasteiger partial charge in [0.25, 0.3) is 0 Å². The Bertz CT molecular complexity index is 1590. The van der Waals surface area contributed by atoms with Crippen molar-refractivity contribution >= 4 is 45.3 Å². The Balaban J connectivity index is 1.34. The SMILES string of the molecule is COc1ccc(C(=O)[C@H]2[C@H]3C(=O)N(c4ccc5c(c4)OCCO5)C(=O)[C@H]3[C@@H]3c4ccccc4C=CN23)cc1Br. The topological polar surface area (TPSA) is 85.4 Å². The van der Waals surface area contributed by atoms with Gasteiger partial charge in [0.1, 0.15) is 25.0 Å². The molecule has 0 spiro atoms. The second-order valence-corrected chi connectivity index (χ2v) is 10.7. The number of ketones is 1. The van der Waals surface area contributed by atoms with Crippen LogP contribution in [-0.4, -0.2) is 48.9 Å².